The van der Waals surface area contributed by atoms with Crippen LogP contribution in [0.3, 0.4) is 0 Å². The van der Waals surface area contributed by atoms with E-state index in [1.807, 2.05) is 18.4 Å². The number of rotatable bonds is 3. The van der Waals surface area contributed by atoms with Gasteiger partial charge in [-0.15, -0.1) is 11.3 Å². The lowest BCUT2D eigenvalue weighted by Crippen LogP contribution is -2.34. The number of methoxy groups -OCH3 is 1. The highest BCUT2D eigenvalue weighted by Gasteiger charge is 2.36. The molecular weight excluding hydrogens is 286 g/mol. The summed E-state index contributed by atoms with van der Waals surface area (Å²) in [5, 5.41) is 1.47. The molecule has 0 aliphatic carbocycles. The molecule has 0 saturated carbocycles. The van der Waals surface area contributed by atoms with Crippen molar-refractivity contribution in [2.45, 2.75) is 6.92 Å². The van der Waals surface area contributed by atoms with Crippen LogP contribution < -0.4 is 0 Å². The molecule has 2 heterocycles. The predicted molar refractivity (Wildman–Crippen MR) is 73.7 cm³/mol. The highest BCUT2D eigenvalue weighted by atomic mass is 32.2. The standard InChI is InChI=1S/C12H11NO4S2/c1-7-3-4-18-8(7)5-9-11(15)13(12(16)19-9)6-10(14)17-2/h3-5H,6H2,1-2H3/b9-5+. The Hall–Kier alpha value is -1.60. The maximum Gasteiger partial charge on any atom is 0.325 e. The van der Waals surface area contributed by atoms with Crippen molar-refractivity contribution in [3.63, 3.8) is 0 Å². The number of hydrogen-bond donors (Lipinski definition) is 0. The van der Waals surface area contributed by atoms with Gasteiger partial charge in [-0.25, -0.2) is 0 Å². The largest absolute Gasteiger partial charge is 0.468 e. The summed E-state index contributed by atoms with van der Waals surface area (Å²) in [6, 6.07) is 1.94. The van der Waals surface area contributed by atoms with Gasteiger partial charge in [0.25, 0.3) is 11.1 Å². The number of ether oxygens (including phenoxy) is 1. The zero-order valence-electron chi connectivity index (χ0n) is 10.3. The molecule has 1 aromatic rings. The van der Waals surface area contributed by atoms with E-state index >= 15 is 0 Å². The second-order valence-electron chi connectivity index (χ2n) is 3.81. The van der Waals surface area contributed by atoms with Gasteiger partial charge in [-0.05, 0) is 41.8 Å². The summed E-state index contributed by atoms with van der Waals surface area (Å²) < 4.78 is 4.46. The molecule has 0 radical (unpaired) electrons. The third-order valence-corrected chi connectivity index (χ3v) is 4.43. The number of esters is 1. The van der Waals surface area contributed by atoms with Gasteiger partial charge in [-0.3, -0.25) is 19.3 Å². The van der Waals surface area contributed by atoms with Crippen molar-refractivity contribution in [3.05, 3.63) is 26.8 Å². The van der Waals surface area contributed by atoms with Crippen LogP contribution in [0.1, 0.15) is 10.4 Å². The molecule has 0 aromatic carbocycles. The Balaban J connectivity index is 2.21. The summed E-state index contributed by atoms with van der Waals surface area (Å²) >= 11 is 2.33. The Morgan fingerprint density at radius 2 is 2.21 bits per heavy atom. The number of thioether (sulfide) groups is 1. The molecule has 2 rings (SSSR count). The highest BCUT2D eigenvalue weighted by Crippen LogP contribution is 2.33. The van der Waals surface area contributed by atoms with Gasteiger partial charge in [-0.1, -0.05) is 0 Å². The van der Waals surface area contributed by atoms with Crippen molar-refractivity contribution in [2.75, 3.05) is 13.7 Å². The molecule has 2 amide bonds. The van der Waals surface area contributed by atoms with Crippen LogP contribution in [-0.2, 0) is 14.3 Å². The summed E-state index contributed by atoms with van der Waals surface area (Å²) in [6.45, 7) is 1.59. The SMILES string of the molecule is COC(=O)CN1C(=O)S/C(=C/c2sccc2C)C1=O. The van der Waals surface area contributed by atoms with E-state index in [1.165, 1.54) is 18.4 Å². The van der Waals surface area contributed by atoms with Crippen LogP contribution in [0.15, 0.2) is 16.4 Å². The Labute approximate surface area is 118 Å². The molecular formula is C12H11NO4S2. The molecule has 1 aliphatic rings. The van der Waals surface area contributed by atoms with Gasteiger partial charge >= 0.3 is 5.97 Å². The number of imide groups is 1. The van der Waals surface area contributed by atoms with Crippen LogP contribution >= 0.6 is 23.1 Å². The average molecular weight is 297 g/mol. The average Bonchev–Trinajstić information content (AvgIpc) is 2.89. The number of hydrogen-bond acceptors (Lipinski definition) is 6. The van der Waals surface area contributed by atoms with Crippen LogP contribution in [0.25, 0.3) is 6.08 Å². The topological polar surface area (TPSA) is 63.7 Å². The summed E-state index contributed by atoms with van der Waals surface area (Å²) in [5.41, 5.74) is 1.05. The van der Waals surface area contributed by atoms with E-state index in [0.29, 0.717) is 4.91 Å². The van der Waals surface area contributed by atoms with E-state index in [0.717, 1.165) is 27.1 Å². The fourth-order valence-electron chi connectivity index (χ4n) is 1.48. The van der Waals surface area contributed by atoms with Crippen LogP contribution in [0.5, 0.6) is 0 Å². The molecule has 0 N–H and O–H groups in total. The molecule has 1 aliphatic heterocycles. The summed E-state index contributed by atoms with van der Waals surface area (Å²) in [5.74, 6) is -1.07. The van der Waals surface area contributed by atoms with Crippen molar-refractivity contribution < 1.29 is 19.1 Å². The molecule has 1 saturated heterocycles. The molecule has 0 bridgehead atoms. The Morgan fingerprint density at radius 3 is 2.79 bits per heavy atom. The van der Waals surface area contributed by atoms with Crippen molar-refractivity contribution in [2.24, 2.45) is 0 Å². The van der Waals surface area contributed by atoms with Gasteiger partial charge in [-0.2, -0.15) is 0 Å². The number of carbonyl (C=O) groups excluding carboxylic acids is 3. The zero-order chi connectivity index (χ0) is 14.0. The number of thiophene rings is 1. The third-order valence-electron chi connectivity index (χ3n) is 2.55. The van der Waals surface area contributed by atoms with E-state index in [-0.39, 0.29) is 6.54 Å². The monoisotopic (exact) mass is 297 g/mol. The maximum absolute atomic E-state index is 12.0. The molecule has 1 fully saturated rings. The van der Waals surface area contributed by atoms with Gasteiger partial charge in [0.1, 0.15) is 6.54 Å². The van der Waals surface area contributed by atoms with Gasteiger partial charge in [0.05, 0.1) is 12.0 Å². The Morgan fingerprint density at radius 1 is 1.47 bits per heavy atom. The molecule has 0 unspecified atom stereocenters. The van der Waals surface area contributed by atoms with Crippen LogP contribution in [-0.4, -0.2) is 35.7 Å². The first-order valence-electron chi connectivity index (χ1n) is 5.39. The normalized spacial score (nSPS) is 17.4. The highest BCUT2D eigenvalue weighted by molar-refractivity contribution is 8.18. The minimum Gasteiger partial charge on any atom is -0.468 e. The zero-order valence-corrected chi connectivity index (χ0v) is 12.0. The van der Waals surface area contributed by atoms with Crippen molar-refractivity contribution in [1.82, 2.24) is 4.90 Å². The van der Waals surface area contributed by atoms with Crippen molar-refractivity contribution in [3.8, 4) is 0 Å². The Kier molecular flexibility index (Phi) is 4.06. The predicted octanol–water partition coefficient (Wildman–Crippen LogP) is 2.27. The van der Waals surface area contributed by atoms with Gasteiger partial charge in [0, 0.05) is 4.88 Å². The van der Waals surface area contributed by atoms with Crippen molar-refractivity contribution >= 4 is 46.3 Å². The maximum atomic E-state index is 12.0. The minimum absolute atomic E-state index is 0.333. The lowest BCUT2D eigenvalue weighted by Gasteiger charge is -2.09. The van der Waals surface area contributed by atoms with E-state index in [1.54, 1.807) is 6.08 Å². The van der Waals surface area contributed by atoms with E-state index in [4.69, 9.17) is 0 Å². The summed E-state index contributed by atoms with van der Waals surface area (Å²) in [4.78, 5) is 37.0. The summed E-state index contributed by atoms with van der Waals surface area (Å²) in [7, 11) is 1.21. The fourth-order valence-corrected chi connectivity index (χ4v) is 3.23. The molecule has 5 nitrogen and oxygen atoms in total. The molecule has 0 spiro atoms. The second kappa shape index (κ2) is 5.58. The third kappa shape index (κ3) is 2.87. The summed E-state index contributed by atoms with van der Waals surface area (Å²) in [6.07, 6.45) is 1.68. The lowest BCUT2D eigenvalue weighted by molar-refractivity contribution is -0.143. The van der Waals surface area contributed by atoms with E-state index in [2.05, 4.69) is 4.74 Å². The van der Waals surface area contributed by atoms with E-state index in [9.17, 15) is 14.4 Å². The first-order valence-corrected chi connectivity index (χ1v) is 7.09. The van der Waals surface area contributed by atoms with Crippen LogP contribution in [0.4, 0.5) is 4.79 Å². The first-order chi connectivity index (χ1) is 9.02. The number of aryl methyl sites for hydroxylation is 1. The number of amides is 2. The van der Waals surface area contributed by atoms with Crippen molar-refractivity contribution in [1.29, 1.82) is 0 Å². The smallest absolute Gasteiger partial charge is 0.325 e. The fraction of sp³-hybridized carbons (Fsp3) is 0.250. The molecule has 1 aromatic heterocycles. The van der Waals surface area contributed by atoms with Gasteiger partial charge in [0.15, 0.2) is 0 Å². The molecule has 100 valence electrons. The lowest BCUT2D eigenvalue weighted by atomic mass is 10.2. The minimum atomic E-state index is -0.615. The number of carbonyl (C=O) groups is 3. The molecule has 19 heavy (non-hydrogen) atoms. The quantitative estimate of drug-likeness (QED) is 0.632. The van der Waals surface area contributed by atoms with E-state index < -0.39 is 17.1 Å². The Bertz CT molecular complexity index is 576. The van der Waals surface area contributed by atoms with Gasteiger partial charge < -0.3 is 4.74 Å². The molecule has 7 heteroatoms. The van der Waals surface area contributed by atoms with Gasteiger partial charge in [0.2, 0.25) is 0 Å². The second-order valence-corrected chi connectivity index (χ2v) is 5.75. The van der Waals surface area contributed by atoms with Crippen LogP contribution in [0, 0.1) is 6.92 Å². The molecule has 0 atom stereocenters. The number of nitrogens with zero attached hydrogens (tertiary/aromatic N) is 1. The first kappa shape index (κ1) is 13.8. The van der Waals surface area contributed by atoms with Crippen LogP contribution in [0.2, 0.25) is 0 Å².